The van der Waals surface area contributed by atoms with Gasteiger partial charge in [0.25, 0.3) is 11.5 Å². The summed E-state index contributed by atoms with van der Waals surface area (Å²) in [5.74, 6) is -1.31. The van der Waals surface area contributed by atoms with E-state index in [9.17, 15) is 24.3 Å². The van der Waals surface area contributed by atoms with Crippen LogP contribution in [0.5, 0.6) is 0 Å². The standard InChI is InChI=1S/C13H17N3O5/c1-2-13(11(19)20)3-5-16(6-4-13)10(18)8-7-9(17)15-12(21)14-8/h7H,2-6H2,1H3,(H,19,20)(H2,14,15,17,21). The number of likely N-dealkylation sites (tertiary alicyclic amines) is 1. The van der Waals surface area contributed by atoms with Crippen molar-refractivity contribution in [1.29, 1.82) is 0 Å². The first kappa shape index (κ1) is 15.0. The van der Waals surface area contributed by atoms with E-state index in [4.69, 9.17) is 0 Å². The molecule has 0 spiro atoms. The average molecular weight is 295 g/mol. The number of hydrogen-bond donors (Lipinski definition) is 3. The van der Waals surface area contributed by atoms with E-state index >= 15 is 0 Å². The number of piperidine rings is 1. The minimum Gasteiger partial charge on any atom is -0.481 e. The minimum absolute atomic E-state index is 0.0805. The number of amides is 1. The molecule has 1 aliphatic heterocycles. The number of carboxylic acids is 1. The molecule has 1 saturated heterocycles. The summed E-state index contributed by atoms with van der Waals surface area (Å²) in [6.07, 6.45) is 1.22. The van der Waals surface area contributed by atoms with Crippen molar-refractivity contribution in [3.05, 3.63) is 32.6 Å². The van der Waals surface area contributed by atoms with Crippen molar-refractivity contribution < 1.29 is 14.7 Å². The number of aromatic nitrogens is 2. The maximum absolute atomic E-state index is 12.2. The molecule has 21 heavy (non-hydrogen) atoms. The normalized spacial score (nSPS) is 17.5. The van der Waals surface area contributed by atoms with Crippen LogP contribution < -0.4 is 11.2 Å². The number of carbonyl (C=O) groups excluding carboxylic acids is 1. The second-order valence-electron chi connectivity index (χ2n) is 5.23. The van der Waals surface area contributed by atoms with Crippen molar-refractivity contribution in [2.75, 3.05) is 13.1 Å². The van der Waals surface area contributed by atoms with Gasteiger partial charge in [-0.1, -0.05) is 6.92 Å². The van der Waals surface area contributed by atoms with E-state index in [1.807, 2.05) is 11.9 Å². The highest BCUT2D eigenvalue weighted by atomic mass is 16.4. The van der Waals surface area contributed by atoms with E-state index in [-0.39, 0.29) is 18.8 Å². The molecule has 1 aromatic heterocycles. The molecule has 114 valence electrons. The number of rotatable bonds is 3. The Morgan fingerprint density at radius 3 is 2.38 bits per heavy atom. The van der Waals surface area contributed by atoms with Gasteiger partial charge in [0.2, 0.25) is 0 Å². The fraction of sp³-hybridized carbons (Fsp3) is 0.538. The molecule has 0 unspecified atom stereocenters. The Bertz CT molecular complexity index is 639. The molecular weight excluding hydrogens is 278 g/mol. The lowest BCUT2D eigenvalue weighted by Gasteiger charge is -2.38. The van der Waals surface area contributed by atoms with Crippen molar-refractivity contribution in [3.8, 4) is 0 Å². The lowest BCUT2D eigenvalue weighted by molar-refractivity contribution is -0.152. The van der Waals surface area contributed by atoms with Gasteiger partial charge in [0.05, 0.1) is 5.41 Å². The molecule has 0 saturated carbocycles. The van der Waals surface area contributed by atoms with Crippen LogP contribution in [-0.4, -0.2) is 44.9 Å². The predicted octanol–water partition coefficient (Wildman–Crippen LogP) is -0.220. The molecular formula is C13H17N3O5. The fourth-order valence-electron chi connectivity index (χ4n) is 2.61. The summed E-state index contributed by atoms with van der Waals surface area (Å²) in [5, 5.41) is 9.31. The molecule has 2 rings (SSSR count). The van der Waals surface area contributed by atoms with Crippen molar-refractivity contribution in [1.82, 2.24) is 14.9 Å². The van der Waals surface area contributed by atoms with Crippen LogP contribution in [0.3, 0.4) is 0 Å². The average Bonchev–Trinajstić information content (AvgIpc) is 2.45. The number of H-pyrrole nitrogens is 2. The van der Waals surface area contributed by atoms with Crippen LogP contribution in [0.2, 0.25) is 0 Å². The van der Waals surface area contributed by atoms with Crippen molar-refractivity contribution in [2.24, 2.45) is 5.41 Å². The number of carbonyl (C=O) groups is 2. The summed E-state index contributed by atoms with van der Waals surface area (Å²) in [6, 6.07) is 1.03. The maximum atomic E-state index is 12.2. The molecule has 2 heterocycles. The largest absolute Gasteiger partial charge is 0.481 e. The quantitative estimate of drug-likeness (QED) is 0.711. The van der Waals surface area contributed by atoms with Gasteiger partial charge in [-0.05, 0) is 19.3 Å². The van der Waals surface area contributed by atoms with E-state index in [1.54, 1.807) is 0 Å². The number of nitrogens with zero attached hydrogens (tertiary/aromatic N) is 1. The van der Waals surface area contributed by atoms with E-state index in [2.05, 4.69) is 4.98 Å². The molecule has 0 aliphatic carbocycles. The molecule has 1 aromatic rings. The zero-order valence-corrected chi connectivity index (χ0v) is 11.6. The van der Waals surface area contributed by atoms with Crippen molar-refractivity contribution in [3.63, 3.8) is 0 Å². The third-order valence-electron chi connectivity index (χ3n) is 4.13. The Kier molecular flexibility index (Phi) is 3.97. The molecule has 1 amide bonds. The zero-order chi connectivity index (χ0) is 15.6. The van der Waals surface area contributed by atoms with Crippen LogP contribution >= 0.6 is 0 Å². The zero-order valence-electron chi connectivity index (χ0n) is 11.6. The summed E-state index contributed by atoms with van der Waals surface area (Å²) >= 11 is 0. The van der Waals surface area contributed by atoms with E-state index in [0.29, 0.717) is 19.3 Å². The molecule has 0 atom stereocenters. The van der Waals surface area contributed by atoms with E-state index in [0.717, 1.165) is 6.07 Å². The van der Waals surface area contributed by atoms with Crippen molar-refractivity contribution >= 4 is 11.9 Å². The Morgan fingerprint density at radius 2 is 1.90 bits per heavy atom. The van der Waals surface area contributed by atoms with Gasteiger partial charge in [0.1, 0.15) is 5.69 Å². The molecule has 1 aliphatic rings. The number of aliphatic carboxylic acids is 1. The van der Waals surface area contributed by atoms with Crippen LogP contribution in [0.15, 0.2) is 15.7 Å². The summed E-state index contributed by atoms with van der Waals surface area (Å²) in [6.45, 7) is 2.39. The molecule has 0 bridgehead atoms. The Morgan fingerprint density at radius 1 is 1.29 bits per heavy atom. The van der Waals surface area contributed by atoms with Crippen LogP contribution in [0.25, 0.3) is 0 Å². The fourth-order valence-corrected chi connectivity index (χ4v) is 2.61. The first-order chi connectivity index (χ1) is 9.88. The molecule has 8 heteroatoms. The summed E-state index contributed by atoms with van der Waals surface area (Å²) < 4.78 is 0. The Labute approximate surface area is 119 Å². The third kappa shape index (κ3) is 2.88. The van der Waals surface area contributed by atoms with Crippen molar-refractivity contribution in [2.45, 2.75) is 26.2 Å². The SMILES string of the molecule is CCC1(C(=O)O)CCN(C(=O)c2cc(=O)[nH]c(=O)[nH]2)CC1. The second kappa shape index (κ2) is 5.55. The monoisotopic (exact) mass is 295 g/mol. The second-order valence-corrected chi connectivity index (χ2v) is 5.23. The van der Waals surface area contributed by atoms with E-state index < -0.39 is 28.5 Å². The summed E-state index contributed by atoms with van der Waals surface area (Å²) in [7, 11) is 0. The highest BCUT2D eigenvalue weighted by Gasteiger charge is 2.41. The van der Waals surface area contributed by atoms with Gasteiger partial charge >= 0.3 is 11.7 Å². The minimum atomic E-state index is -0.846. The Balaban J connectivity index is 2.15. The van der Waals surface area contributed by atoms with Gasteiger partial charge in [0, 0.05) is 19.2 Å². The van der Waals surface area contributed by atoms with Gasteiger partial charge in [-0.15, -0.1) is 0 Å². The van der Waals surface area contributed by atoms with Crippen LogP contribution in [0.4, 0.5) is 0 Å². The lowest BCUT2D eigenvalue weighted by Crippen LogP contribution is -2.47. The molecule has 3 N–H and O–H groups in total. The first-order valence-electron chi connectivity index (χ1n) is 6.74. The Hall–Kier alpha value is -2.38. The first-order valence-corrected chi connectivity index (χ1v) is 6.74. The van der Waals surface area contributed by atoms with Gasteiger partial charge in [-0.2, -0.15) is 0 Å². The number of carboxylic acid groups (broad SMARTS) is 1. The van der Waals surface area contributed by atoms with Gasteiger partial charge in [-0.25, -0.2) is 4.79 Å². The molecule has 1 fully saturated rings. The van der Waals surface area contributed by atoms with Crippen LogP contribution in [-0.2, 0) is 4.79 Å². The summed E-state index contributed by atoms with van der Waals surface area (Å²) in [5.41, 5.74) is -2.26. The topological polar surface area (TPSA) is 123 Å². The lowest BCUT2D eigenvalue weighted by atomic mass is 9.76. The van der Waals surface area contributed by atoms with Gasteiger partial charge < -0.3 is 15.0 Å². The molecule has 0 radical (unpaired) electrons. The van der Waals surface area contributed by atoms with Gasteiger partial charge in [-0.3, -0.25) is 19.4 Å². The third-order valence-corrected chi connectivity index (χ3v) is 4.13. The smallest absolute Gasteiger partial charge is 0.326 e. The highest BCUT2D eigenvalue weighted by Crippen LogP contribution is 2.35. The van der Waals surface area contributed by atoms with Crippen LogP contribution in [0.1, 0.15) is 36.7 Å². The molecule has 8 nitrogen and oxygen atoms in total. The predicted molar refractivity (Wildman–Crippen MR) is 73.2 cm³/mol. The van der Waals surface area contributed by atoms with E-state index in [1.165, 1.54) is 4.90 Å². The number of hydrogen-bond acceptors (Lipinski definition) is 4. The number of nitrogens with one attached hydrogen (secondary N) is 2. The summed E-state index contributed by atoms with van der Waals surface area (Å²) in [4.78, 5) is 51.7. The number of aromatic amines is 2. The van der Waals surface area contributed by atoms with Gasteiger partial charge in [0.15, 0.2) is 0 Å². The highest BCUT2D eigenvalue weighted by molar-refractivity contribution is 5.92. The van der Waals surface area contributed by atoms with Crippen LogP contribution in [0, 0.1) is 5.41 Å². The maximum Gasteiger partial charge on any atom is 0.326 e. The molecule has 0 aromatic carbocycles.